The summed E-state index contributed by atoms with van der Waals surface area (Å²) in [4.78, 5) is 14.1. The Bertz CT molecular complexity index is 257. The lowest BCUT2D eigenvalue weighted by Gasteiger charge is -2.26. The first-order valence-corrected chi connectivity index (χ1v) is 6.95. The van der Waals surface area contributed by atoms with Crippen molar-refractivity contribution in [2.45, 2.75) is 38.6 Å². The number of hydrogen-bond donors (Lipinski definition) is 2. The Morgan fingerprint density at radius 1 is 1.41 bits per heavy atom. The molecule has 0 aromatic carbocycles. The molecule has 4 heteroatoms. The predicted octanol–water partition coefficient (Wildman–Crippen LogP) is 0.572. The van der Waals surface area contributed by atoms with Crippen LogP contribution in [-0.2, 0) is 4.79 Å². The van der Waals surface area contributed by atoms with Crippen LogP contribution >= 0.6 is 0 Å². The third kappa shape index (κ3) is 2.99. The van der Waals surface area contributed by atoms with E-state index in [0.717, 1.165) is 24.9 Å². The third-order valence-corrected chi connectivity index (χ3v) is 4.34. The molecule has 3 unspecified atom stereocenters. The summed E-state index contributed by atoms with van der Waals surface area (Å²) in [5.74, 6) is 1.89. The second kappa shape index (κ2) is 5.83. The highest BCUT2D eigenvalue weighted by molar-refractivity contribution is 5.76. The highest BCUT2D eigenvalue weighted by Gasteiger charge is 2.38. The smallest absolute Gasteiger partial charge is 0.221 e. The van der Waals surface area contributed by atoms with Crippen molar-refractivity contribution < 1.29 is 4.79 Å². The van der Waals surface area contributed by atoms with E-state index in [1.807, 2.05) is 6.92 Å². The van der Waals surface area contributed by atoms with Crippen molar-refractivity contribution in [1.82, 2.24) is 10.2 Å². The van der Waals surface area contributed by atoms with E-state index in [-0.39, 0.29) is 11.9 Å². The Balaban J connectivity index is 1.84. The maximum atomic E-state index is 11.6. The van der Waals surface area contributed by atoms with Gasteiger partial charge in [-0.2, -0.15) is 0 Å². The van der Waals surface area contributed by atoms with Gasteiger partial charge in [0.15, 0.2) is 0 Å². The van der Waals surface area contributed by atoms with E-state index in [0.29, 0.717) is 19.5 Å². The van der Waals surface area contributed by atoms with Gasteiger partial charge in [0.25, 0.3) is 0 Å². The SMILES string of the molecule is CCNC(=O)CC(CN)N1CC2CCCC2C1. The fraction of sp³-hybridized carbons (Fsp3) is 0.923. The van der Waals surface area contributed by atoms with Gasteiger partial charge in [0.2, 0.25) is 5.91 Å². The minimum atomic E-state index is 0.139. The van der Waals surface area contributed by atoms with Crippen LogP contribution in [0, 0.1) is 11.8 Å². The van der Waals surface area contributed by atoms with E-state index in [2.05, 4.69) is 10.2 Å². The van der Waals surface area contributed by atoms with Gasteiger partial charge in [0, 0.05) is 38.6 Å². The first kappa shape index (κ1) is 12.8. The van der Waals surface area contributed by atoms with E-state index >= 15 is 0 Å². The molecule has 1 heterocycles. The van der Waals surface area contributed by atoms with Crippen LogP contribution < -0.4 is 11.1 Å². The molecule has 2 aliphatic rings. The molecule has 3 N–H and O–H groups in total. The van der Waals surface area contributed by atoms with Gasteiger partial charge in [-0.25, -0.2) is 0 Å². The van der Waals surface area contributed by atoms with Crippen LogP contribution in [-0.4, -0.2) is 43.0 Å². The zero-order valence-electron chi connectivity index (χ0n) is 10.8. The van der Waals surface area contributed by atoms with E-state index in [1.54, 1.807) is 0 Å². The first-order valence-electron chi connectivity index (χ1n) is 6.95. The molecule has 0 radical (unpaired) electrons. The van der Waals surface area contributed by atoms with E-state index in [1.165, 1.54) is 19.3 Å². The van der Waals surface area contributed by atoms with Crippen molar-refractivity contribution >= 4 is 5.91 Å². The fourth-order valence-corrected chi connectivity index (χ4v) is 3.41. The Kier molecular flexibility index (Phi) is 4.40. The summed E-state index contributed by atoms with van der Waals surface area (Å²) in [7, 11) is 0. The molecule has 1 amide bonds. The molecule has 0 spiro atoms. The van der Waals surface area contributed by atoms with Gasteiger partial charge >= 0.3 is 0 Å². The number of amides is 1. The molecule has 3 atom stereocenters. The Labute approximate surface area is 104 Å². The van der Waals surface area contributed by atoms with Crippen molar-refractivity contribution in [3.05, 3.63) is 0 Å². The number of nitrogens with one attached hydrogen (secondary N) is 1. The lowest BCUT2D eigenvalue weighted by molar-refractivity contribution is -0.122. The van der Waals surface area contributed by atoms with Crippen LogP contribution in [0.25, 0.3) is 0 Å². The van der Waals surface area contributed by atoms with Crippen LogP contribution in [0.3, 0.4) is 0 Å². The van der Waals surface area contributed by atoms with E-state index in [4.69, 9.17) is 5.73 Å². The number of likely N-dealkylation sites (tertiary alicyclic amines) is 1. The largest absolute Gasteiger partial charge is 0.356 e. The minimum Gasteiger partial charge on any atom is -0.356 e. The van der Waals surface area contributed by atoms with E-state index in [9.17, 15) is 4.79 Å². The van der Waals surface area contributed by atoms with Gasteiger partial charge in [-0.3, -0.25) is 9.69 Å². The molecule has 2 fully saturated rings. The molecule has 1 aliphatic heterocycles. The fourth-order valence-electron chi connectivity index (χ4n) is 3.41. The lowest BCUT2D eigenvalue weighted by atomic mass is 10.0. The second-order valence-electron chi connectivity index (χ2n) is 5.45. The van der Waals surface area contributed by atoms with Crippen LogP contribution in [0.15, 0.2) is 0 Å². The quantitative estimate of drug-likeness (QED) is 0.737. The molecule has 0 aromatic heterocycles. The third-order valence-electron chi connectivity index (χ3n) is 4.34. The molecule has 98 valence electrons. The van der Waals surface area contributed by atoms with E-state index < -0.39 is 0 Å². The molecule has 4 nitrogen and oxygen atoms in total. The summed E-state index contributed by atoms with van der Waals surface area (Å²) >= 11 is 0. The van der Waals surface area contributed by atoms with Crippen LogP contribution in [0.4, 0.5) is 0 Å². The summed E-state index contributed by atoms with van der Waals surface area (Å²) in [5.41, 5.74) is 5.83. The molecule has 2 rings (SSSR count). The summed E-state index contributed by atoms with van der Waals surface area (Å²) in [6, 6.07) is 0.243. The number of nitrogens with two attached hydrogens (primary N) is 1. The zero-order valence-corrected chi connectivity index (χ0v) is 10.8. The number of fused-ring (bicyclic) bond motifs is 1. The lowest BCUT2D eigenvalue weighted by Crippen LogP contribution is -2.43. The summed E-state index contributed by atoms with van der Waals surface area (Å²) in [6.45, 7) is 5.57. The maximum absolute atomic E-state index is 11.6. The Hall–Kier alpha value is -0.610. The topological polar surface area (TPSA) is 58.4 Å². The predicted molar refractivity (Wildman–Crippen MR) is 68.5 cm³/mol. The highest BCUT2D eigenvalue weighted by Crippen LogP contribution is 2.38. The number of carbonyl (C=O) groups excluding carboxylic acids is 1. The Morgan fingerprint density at radius 2 is 2.06 bits per heavy atom. The van der Waals surface area contributed by atoms with Crippen LogP contribution in [0.5, 0.6) is 0 Å². The zero-order chi connectivity index (χ0) is 12.3. The first-order chi connectivity index (χ1) is 8.24. The standard InChI is InChI=1S/C13H25N3O/c1-2-15-13(17)6-12(7-14)16-8-10-4-3-5-11(10)9-16/h10-12H,2-9,14H2,1H3,(H,15,17). The molecule has 1 saturated carbocycles. The molecular formula is C13H25N3O. The summed E-state index contributed by atoms with van der Waals surface area (Å²) < 4.78 is 0. The monoisotopic (exact) mass is 239 g/mol. The average Bonchev–Trinajstić information content (AvgIpc) is 2.86. The maximum Gasteiger partial charge on any atom is 0.221 e. The molecule has 17 heavy (non-hydrogen) atoms. The van der Waals surface area contributed by atoms with Gasteiger partial charge in [-0.05, 0) is 31.6 Å². The highest BCUT2D eigenvalue weighted by atomic mass is 16.1. The van der Waals surface area contributed by atoms with Crippen molar-refractivity contribution in [3.8, 4) is 0 Å². The Morgan fingerprint density at radius 3 is 2.59 bits per heavy atom. The number of nitrogens with zero attached hydrogens (tertiary/aromatic N) is 1. The number of hydrogen-bond acceptors (Lipinski definition) is 3. The normalized spacial score (nSPS) is 30.2. The van der Waals surface area contributed by atoms with Crippen molar-refractivity contribution in [3.63, 3.8) is 0 Å². The van der Waals surface area contributed by atoms with Gasteiger partial charge < -0.3 is 11.1 Å². The molecule has 0 aromatic rings. The van der Waals surface area contributed by atoms with Gasteiger partial charge in [-0.15, -0.1) is 0 Å². The molecule has 1 saturated heterocycles. The van der Waals surface area contributed by atoms with Gasteiger partial charge in [0.05, 0.1) is 0 Å². The van der Waals surface area contributed by atoms with Gasteiger partial charge in [0.1, 0.15) is 0 Å². The molecule has 1 aliphatic carbocycles. The molecular weight excluding hydrogens is 214 g/mol. The minimum absolute atomic E-state index is 0.139. The average molecular weight is 239 g/mol. The number of rotatable bonds is 5. The summed E-state index contributed by atoms with van der Waals surface area (Å²) in [6.07, 6.45) is 4.70. The van der Waals surface area contributed by atoms with Crippen molar-refractivity contribution in [2.75, 3.05) is 26.2 Å². The van der Waals surface area contributed by atoms with Crippen LogP contribution in [0.2, 0.25) is 0 Å². The second-order valence-corrected chi connectivity index (χ2v) is 5.45. The van der Waals surface area contributed by atoms with Crippen LogP contribution in [0.1, 0.15) is 32.6 Å². The number of carbonyl (C=O) groups is 1. The summed E-state index contributed by atoms with van der Waals surface area (Å²) in [5, 5.41) is 2.86. The van der Waals surface area contributed by atoms with Gasteiger partial charge in [-0.1, -0.05) is 6.42 Å². The van der Waals surface area contributed by atoms with Crippen molar-refractivity contribution in [1.29, 1.82) is 0 Å². The van der Waals surface area contributed by atoms with Crippen molar-refractivity contribution in [2.24, 2.45) is 17.6 Å². The molecule has 0 bridgehead atoms.